The number of rotatable bonds is 4. The molecule has 0 atom stereocenters. The van der Waals surface area contributed by atoms with Crippen LogP contribution in [0.25, 0.3) is 0 Å². The Kier molecular flexibility index (Phi) is 4.11. The van der Waals surface area contributed by atoms with Crippen molar-refractivity contribution in [2.45, 2.75) is 45.8 Å². The topological polar surface area (TPSA) is 49.3 Å². The second kappa shape index (κ2) is 4.34. The highest BCUT2D eigenvalue weighted by atomic mass is 16.3. The summed E-state index contributed by atoms with van der Waals surface area (Å²) in [6, 6.07) is 0. The Bertz CT molecular complexity index is 130. The summed E-state index contributed by atoms with van der Waals surface area (Å²) in [4.78, 5) is 10.9. The van der Waals surface area contributed by atoms with Crippen molar-refractivity contribution in [3.63, 3.8) is 0 Å². The maximum atomic E-state index is 10.9. The van der Waals surface area contributed by atoms with Crippen molar-refractivity contribution in [3.8, 4) is 0 Å². The van der Waals surface area contributed by atoms with Crippen LogP contribution in [0.1, 0.15) is 40.0 Å². The molecule has 0 rings (SSSR count). The highest BCUT2D eigenvalue weighted by Crippen LogP contribution is 2.09. The molecule has 0 saturated carbocycles. The molecule has 0 aliphatic carbocycles. The van der Waals surface area contributed by atoms with Crippen LogP contribution < -0.4 is 5.32 Å². The van der Waals surface area contributed by atoms with Crippen LogP contribution in [0, 0.1) is 0 Å². The molecule has 11 heavy (non-hydrogen) atoms. The molecular formula is C8H17NO2. The summed E-state index contributed by atoms with van der Waals surface area (Å²) >= 11 is 0. The van der Waals surface area contributed by atoms with Gasteiger partial charge in [-0.2, -0.15) is 0 Å². The maximum absolute atomic E-state index is 10.9. The minimum atomic E-state index is -0.993. The largest absolute Gasteiger partial charge is 0.371 e. The minimum absolute atomic E-state index is 0.101. The van der Waals surface area contributed by atoms with Gasteiger partial charge in [0, 0.05) is 6.42 Å². The second-order valence-electron chi connectivity index (χ2n) is 2.64. The Morgan fingerprint density at radius 2 is 1.82 bits per heavy atom. The van der Waals surface area contributed by atoms with Crippen LogP contribution in [-0.2, 0) is 4.79 Å². The average Bonchev–Trinajstić information content (AvgIpc) is 2.04. The number of hydrogen-bond acceptors (Lipinski definition) is 2. The smallest absolute Gasteiger partial charge is 0.221 e. The molecule has 0 fully saturated rings. The first kappa shape index (κ1) is 10.4. The number of carbonyl (C=O) groups is 1. The summed E-state index contributed by atoms with van der Waals surface area (Å²) in [5.74, 6) is -0.101. The third-order valence-electron chi connectivity index (χ3n) is 1.86. The van der Waals surface area contributed by atoms with Gasteiger partial charge in [-0.05, 0) is 12.8 Å². The van der Waals surface area contributed by atoms with Crippen LogP contribution in [-0.4, -0.2) is 16.7 Å². The second-order valence-corrected chi connectivity index (χ2v) is 2.64. The molecule has 0 spiro atoms. The van der Waals surface area contributed by atoms with E-state index in [9.17, 15) is 9.90 Å². The van der Waals surface area contributed by atoms with E-state index < -0.39 is 5.72 Å². The van der Waals surface area contributed by atoms with Gasteiger partial charge in [-0.3, -0.25) is 4.79 Å². The summed E-state index contributed by atoms with van der Waals surface area (Å²) in [6.07, 6.45) is 1.52. The fourth-order valence-corrected chi connectivity index (χ4v) is 0.775. The SMILES string of the molecule is CCC(=O)NC(O)(CC)CC. The number of amides is 1. The Hall–Kier alpha value is -0.570. The fourth-order valence-electron chi connectivity index (χ4n) is 0.775. The van der Waals surface area contributed by atoms with E-state index in [0.29, 0.717) is 19.3 Å². The van der Waals surface area contributed by atoms with Gasteiger partial charge in [0.05, 0.1) is 0 Å². The number of aliphatic hydroxyl groups is 1. The van der Waals surface area contributed by atoms with E-state index >= 15 is 0 Å². The van der Waals surface area contributed by atoms with Gasteiger partial charge >= 0.3 is 0 Å². The van der Waals surface area contributed by atoms with Gasteiger partial charge in [0.1, 0.15) is 5.72 Å². The van der Waals surface area contributed by atoms with E-state index in [1.165, 1.54) is 0 Å². The lowest BCUT2D eigenvalue weighted by Gasteiger charge is -2.26. The van der Waals surface area contributed by atoms with Crippen LogP contribution >= 0.6 is 0 Å². The van der Waals surface area contributed by atoms with Crippen LogP contribution in [0.2, 0.25) is 0 Å². The molecule has 0 heterocycles. The minimum Gasteiger partial charge on any atom is -0.371 e. The first-order valence-electron chi connectivity index (χ1n) is 4.11. The van der Waals surface area contributed by atoms with E-state index in [4.69, 9.17) is 0 Å². The highest BCUT2D eigenvalue weighted by Gasteiger charge is 2.22. The third-order valence-corrected chi connectivity index (χ3v) is 1.86. The molecule has 0 aromatic rings. The standard InChI is InChI=1S/C8H17NO2/c1-4-7(10)9-8(11,5-2)6-3/h11H,4-6H2,1-3H3,(H,9,10). The molecule has 0 unspecified atom stereocenters. The summed E-state index contributed by atoms with van der Waals surface area (Å²) in [5.41, 5.74) is -0.993. The molecule has 66 valence electrons. The van der Waals surface area contributed by atoms with Crippen molar-refractivity contribution < 1.29 is 9.90 Å². The maximum Gasteiger partial charge on any atom is 0.221 e. The van der Waals surface area contributed by atoms with Gasteiger partial charge in [-0.1, -0.05) is 20.8 Å². The molecule has 0 aliphatic rings. The van der Waals surface area contributed by atoms with Crippen LogP contribution in [0.5, 0.6) is 0 Å². The number of nitrogens with one attached hydrogen (secondary N) is 1. The zero-order valence-electron chi connectivity index (χ0n) is 7.48. The van der Waals surface area contributed by atoms with Crippen LogP contribution in [0.3, 0.4) is 0 Å². The van der Waals surface area contributed by atoms with Gasteiger partial charge in [-0.15, -0.1) is 0 Å². The van der Waals surface area contributed by atoms with Gasteiger partial charge in [0.15, 0.2) is 0 Å². The van der Waals surface area contributed by atoms with E-state index in [2.05, 4.69) is 5.32 Å². The van der Waals surface area contributed by atoms with Crippen molar-refractivity contribution in [3.05, 3.63) is 0 Å². The monoisotopic (exact) mass is 159 g/mol. The summed E-state index contributed by atoms with van der Waals surface area (Å²) in [7, 11) is 0. The predicted molar refractivity (Wildman–Crippen MR) is 44.0 cm³/mol. The molecular weight excluding hydrogens is 142 g/mol. The highest BCUT2D eigenvalue weighted by molar-refractivity contribution is 5.76. The molecule has 0 aliphatic heterocycles. The Labute approximate surface area is 67.8 Å². The molecule has 3 nitrogen and oxygen atoms in total. The van der Waals surface area contributed by atoms with Gasteiger partial charge in [-0.25, -0.2) is 0 Å². The molecule has 2 N–H and O–H groups in total. The van der Waals surface area contributed by atoms with Crippen molar-refractivity contribution in [2.75, 3.05) is 0 Å². The Morgan fingerprint density at radius 3 is 2.09 bits per heavy atom. The fraction of sp³-hybridized carbons (Fsp3) is 0.875. The zero-order valence-corrected chi connectivity index (χ0v) is 7.48. The van der Waals surface area contributed by atoms with E-state index in [1.54, 1.807) is 6.92 Å². The molecule has 0 bridgehead atoms. The molecule has 0 radical (unpaired) electrons. The molecule has 1 amide bonds. The quantitative estimate of drug-likeness (QED) is 0.602. The predicted octanol–water partition coefficient (Wildman–Crippen LogP) is 1.02. The van der Waals surface area contributed by atoms with Crippen molar-refractivity contribution in [2.24, 2.45) is 0 Å². The Morgan fingerprint density at radius 1 is 1.36 bits per heavy atom. The third kappa shape index (κ3) is 3.37. The van der Waals surface area contributed by atoms with Crippen LogP contribution in [0.15, 0.2) is 0 Å². The van der Waals surface area contributed by atoms with Crippen LogP contribution in [0.4, 0.5) is 0 Å². The van der Waals surface area contributed by atoms with E-state index in [1.807, 2.05) is 13.8 Å². The van der Waals surface area contributed by atoms with E-state index in [-0.39, 0.29) is 5.91 Å². The van der Waals surface area contributed by atoms with E-state index in [0.717, 1.165) is 0 Å². The number of carbonyl (C=O) groups excluding carboxylic acids is 1. The summed E-state index contributed by atoms with van der Waals surface area (Å²) < 4.78 is 0. The lowest BCUT2D eigenvalue weighted by atomic mass is 10.1. The normalized spacial score (nSPS) is 11.3. The average molecular weight is 159 g/mol. The lowest BCUT2D eigenvalue weighted by Crippen LogP contribution is -2.47. The molecule has 3 heteroatoms. The first-order valence-corrected chi connectivity index (χ1v) is 4.11. The molecule has 0 saturated heterocycles. The number of hydrogen-bond donors (Lipinski definition) is 2. The van der Waals surface area contributed by atoms with Crippen molar-refractivity contribution >= 4 is 5.91 Å². The molecule has 0 aromatic heterocycles. The van der Waals surface area contributed by atoms with Crippen molar-refractivity contribution in [1.29, 1.82) is 0 Å². The van der Waals surface area contributed by atoms with Gasteiger partial charge in [0.2, 0.25) is 5.91 Å². The lowest BCUT2D eigenvalue weighted by molar-refractivity contribution is -0.129. The van der Waals surface area contributed by atoms with Crippen molar-refractivity contribution in [1.82, 2.24) is 5.32 Å². The Balaban J connectivity index is 3.96. The van der Waals surface area contributed by atoms with Gasteiger partial charge in [0.25, 0.3) is 0 Å². The summed E-state index contributed by atoms with van der Waals surface area (Å²) in [6.45, 7) is 5.46. The van der Waals surface area contributed by atoms with Gasteiger partial charge < -0.3 is 10.4 Å². The summed E-state index contributed by atoms with van der Waals surface area (Å²) in [5, 5.41) is 12.2. The first-order chi connectivity index (χ1) is 5.08. The molecule has 0 aromatic carbocycles. The zero-order chi connectivity index (χ0) is 8.91.